The first kappa shape index (κ1) is 36.4. The predicted molar refractivity (Wildman–Crippen MR) is 188 cm³/mol. The van der Waals surface area contributed by atoms with Gasteiger partial charge in [-0.15, -0.1) is 0 Å². The average molecular weight is 647 g/mol. The summed E-state index contributed by atoms with van der Waals surface area (Å²) in [7, 11) is 0. The number of benzene rings is 3. The summed E-state index contributed by atoms with van der Waals surface area (Å²) in [5.74, 6) is 1.87. The molecule has 0 amide bonds. The average Bonchev–Trinajstić information content (AvgIpc) is 3.08. The summed E-state index contributed by atoms with van der Waals surface area (Å²) in [6, 6.07) is 15.4. The lowest BCUT2D eigenvalue weighted by Crippen LogP contribution is -2.15. The van der Waals surface area contributed by atoms with Crippen molar-refractivity contribution in [3.8, 4) is 33.8 Å². The van der Waals surface area contributed by atoms with Crippen LogP contribution in [0, 0.1) is 23.5 Å². The van der Waals surface area contributed by atoms with E-state index in [0.29, 0.717) is 88.9 Å². The zero-order chi connectivity index (χ0) is 33.6. The van der Waals surface area contributed by atoms with Crippen molar-refractivity contribution in [3.63, 3.8) is 0 Å². The summed E-state index contributed by atoms with van der Waals surface area (Å²) in [5, 5.41) is 18.5. The zero-order valence-electron chi connectivity index (χ0n) is 28.0. The van der Waals surface area contributed by atoms with E-state index in [-0.39, 0.29) is 19.0 Å². The van der Waals surface area contributed by atoms with Gasteiger partial charge in [0.05, 0.1) is 26.4 Å². The van der Waals surface area contributed by atoms with Gasteiger partial charge < -0.3 is 19.7 Å². The van der Waals surface area contributed by atoms with Crippen molar-refractivity contribution in [1.82, 2.24) is 0 Å². The van der Waals surface area contributed by atoms with Crippen LogP contribution < -0.4 is 9.47 Å². The van der Waals surface area contributed by atoms with Crippen LogP contribution in [0.2, 0.25) is 0 Å². The molecular formula is C41H52F2O4. The van der Waals surface area contributed by atoms with E-state index in [1.165, 1.54) is 63.5 Å². The number of rotatable bonds is 19. The van der Waals surface area contributed by atoms with E-state index in [4.69, 9.17) is 9.47 Å². The highest BCUT2D eigenvalue weighted by molar-refractivity contribution is 5.73. The third-order valence-electron chi connectivity index (χ3n) is 9.45. The third kappa shape index (κ3) is 11.3. The summed E-state index contributed by atoms with van der Waals surface area (Å²) in [5.41, 5.74) is 4.20. The molecule has 0 unspecified atom stereocenters. The quantitative estimate of drug-likeness (QED) is 0.101. The minimum absolute atomic E-state index is 0.106. The number of ether oxygens (including phenoxy) is 2. The first-order chi connectivity index (χ1) is 22.8. The lowest BCUT2D eigenvalue weighted by Gasteiger charge is -2.28. The second-order valence-electron chi connectivity index (χ2n) is 13.1. The largest absolute Gasteiger partial charge is 0.493 e. The molecule has 3 aromatic rings. The van der Waals surface area contributed by atoms with Crippen LogP contribution in [0.4, 0.5) is 8.78 Å². The molecule has 47 heavy (non-hydrogen) atoms. The van der Waals surface area contributed by atoms with Gasteiger partial charge in [0.2, 0.25) is 0 Å². The molecule has 0 saturated heterocycles. The Morgan fingerprint density at radius 1 is 0.702 bits per heavy atom. The van der Waals surface area contributed by atoms with Crippen LogP contribution in [-0.2, 0) is 6.42 Å². The van der Waals surface area contributed by atoms with Crippen LogP contribution in [0.5, 0.6) is 11.5 Å². The van der Waals surface area contributed by atoms with Crippen molar-refractivity contribution >= 4 is 0 Å². The van der Waals surface area contributed by atoms with Gasteiger partial charge in [-0.05, 0) is 82.3 Å². The van der Waals surface area contributed by atoms with Gasteiger partial charge in [0.25, 0.3) is 0 Å². The maximum atomic E-state index is 15.6. The first-order valence-corrected chi connectivity index (χ1v) is 17.3. The van der Waals surface area contributed by atoms with E-state index in [0.717, 1.165) is 12.3 Å². The summed E-state index contributed by atoms with van der Waals surface area (Å²) < 4.78 is 42.7. The molecule has 3 aromatic carbocycles. The van der Waals surface area contributed by atoms with Crippen molar-refractivity contribution in [1.29, 1.82) is 0 Å². The smallest absolute Gasteiger partial charge is 0.131 e. The van der Waals surface area contributed by atoms with E-state index < -0.39 is 5.82 Å². The fraction of sp³-hybridized carbons (Fsp3) is 0.463. The Balaban J connectivity index is 1.42. The monoisotopic (exact) mass is 646 g/mol. The van der Waals surface area contributed by atoms with Gasteiger partial charge in [-0.1, -0.05) is 95.7 Å². The molecule has 0 atom stereocenters. The lowest BCUT2D eigenvalue weighted by molar-refractivity contribution is 0.248. The molecule has 6 heteroatoms. The minimum atomic E-state index is -0.447. The minimum Gasteiger partial charge on any atom is -0.493 e. The lowest BCUT2D eigenvalue weighted by atomic mass is 9.77. The molecule has 4 rings (SSSR count). The van der Waals surface area contributed by atoms with Crippen LogP contribution >= 0.6 is 0 Å². The number of unbranched alkanes of at least 4 members (excludes halogenated alkanes) is 2. The zero-order valence-corrected chi connectivity index (χ0v) is 28.0. The Morgan fingerprint density at radius 3 is 1.83 bits per heavy atom. The molecule has 0 spiro atoms. The molecule has 1 aliphatic rings. The van der Waals surface area contributed by atoms with Crippen molar-refractivity contribution in [2.75, 3.05) is 26.4 Å². The van der Waals surface area contributed by atoms with Gasteiger partial charge in [0.15, 0.2) is 0 Å². The SMILES string of the molecule is C=C(CO)CCOc1cc(OCCC(=C)CO)cc(-c2ccc(-c3ccc(CCC4CCC(CCCCC)CC4)c(F)c3)c(F)c2)c1. The van der Waals surface area contributed by atoms with Crippen LogP contribution in [0.1, 0.15) is 83.1 Å². The summed E-state index contributed by atoms with van der Waals surface area (Å²) in [4.78, 5) is 0. The van der Waals surface area contributed by atoms with Crippen molar-refractivity contribution in [3.05, 3.63) is 96.1 Å². The normalized spacial score (nSPS) is 16.2. The molecule has 1 saturated carbocycles. The first-order valence-electron chi connectivity index (χ1n) is 17.3. The highest BCUT2D eigenvalue weighted by Crippen LogP contribution is 2.36. The Morgan fingerprint density at radius 2 is 1.28 bits per heavy atom. The topological polar surface area (TPSA) is 58.9 Å². The van der Waals surface area contributed by atoms with Gasteiger partial charge >= 0.3 is 0 Å². The fourth-order valence-electron chi connectivity index (χ4n) is 6.39. The van der Waals surface area contributed by atoms with E-state index in [1.807, 2.05) is 30.3 Å². The summed E-state index contributed by atoms with van der Waals surface area (Å²) in [6.45, 7) is 10.3. The number of halogens is 2. The Labute approximate surface area is 280 Å². The van der Waals surface area contributed by atoms with Crippen molar-refractivity contribution in [2.24, 2.45) is 11.8 Å². The number of aliphatic hydroxyl groups is 2. The van der Waals surface area contributed by atoms with E-state index >= 15 is 8.78 Å². The Kier molecular flexibility index (Phi) is 14.5. The number of aliphatic hydroxyl groups excluding tert-OH is 2. The highest BCUT2D eigenvalue weighted by Gasteiger charge is 2.21. The van der Waals surface area contributed by atoms with Crippen LogP contribution in [-0.4, -0.2) is 36.6 Å². The number of aryl methyl sites for hydroxylation is 1. The summed E-state index contributed by atoms with van der Waals surface area (Å²) in [6.07, 6.45) is 13.1. The van der Waals surface area contributed by atoms with Crippen LogP contribution in [0.3, 0.4) is 0 Å². The number of hydrogen-bond donors (Lipinski definition) is 2. The molecule has 0 radical (unpaired) electrons. The van der Waals surface area contributed by atoms with Gasteiger partial charge in [0.1, 0.15) is 23.1 Å². The molecule has 254 valence electrons. The van der Waals surface area contributed by atoms with Gasteiger partial charge in [-0.25, -0.2) is 8.78 Å². The molecule has 1 fully saturated rings. The fourth-order valence-corrected chi connectivity index (χ4v) is 6.39. The Bertz CT molecular complexity index is 1420. The standard InChI is InChI=1S/C41H52F2O4/c1-4-5-6-7-31-8-10-32(11-9-31)12-13-33-14-15-35(25-40(33)42)39-17-16-34(24-41(39)43)36-22-37(46-20-18-29(2)27-44)26-38(23-36)47-21-19-30(3)28-45/h14-17,22-26,31-32,44-45H,2-13,18-21,27-28H2,1H3. The van der Waals surface area contributed by atoms with Crippen molar-refractivity contribution in [2.45, 2.75) is 84.0 Å². The third-order valence-corrected chi connectivity index (χ3v) is 9.45. The second kappa shape index (κ2) is 18.8. The molecule has 2 N–H and O–H groups in total. The molecule has 0 aromatic heterocycles. The molecule has 0 aliphatic heterocycles. The summed E-state index contributed by atoms with van der Waals surface area (Å²) >= 11 is 0. The van der Waals surface area contributed by atoms with E-state index in [9.17, 15) is 10.2 Å². The van der Waals surface area contributed by atoms with Crippen molar-refractivity contribution < 1.29 is 28.5 Å². The van der Waals surface area contributed by atoms with Gasteiger partial charge in [-0.2, -0.15) is 0 Å². The molecule has 0 bridgehead atoms. The van der Waals surface area contributed by atoms with E-state index in [2.05, 4.69) is 20.1 Å². The molecule has 0 heterocycles. The second-order valence-corrected chi connectivity index (χ2v) is 13.1. The molecule has 1 aliphatic carbocycles. The Hall–Kier alpha value is -3.48. The molecular weight excluding hydrogens is 594 g/mol. The van der Waals surface area contributed by atoms with Crippen LogP contribution in [0.25, 0.3) is 22.3 Å². The predicted octanol–water partition coefficient (Wildman–Crippen LogP) is 10.3. The van der Waals surface area contributed by atoms with Gasteiger partial charge in [-0.3, -0.25) is 0 Å². The maximum Gasteiger partial charge on any atom is 0.131 e. The van der Waals surface area contributed by atoms with Gasteiger partial charge in [0, 0.05) is 24.5 Å². The number of hydrogen-bond acceptors (Lipinski definition) is 4. The van der Waals surface area contributed by atoms with E-state index in [1.54, 1.807) is 12.1 Å². The maximum absolute atomic E-state index is 15.6. The van der Waals surface area contributed by atoms with Crippen LogP contribution in [0.15, 0.2) is 78.9 Å². The molecule has 4 nitrogen and oxygen atoms in total. The highest BCUT2D eigenvalue weighted by atomic mass is 19.1.